The molecule has 96 valence electrons. The maximum absolute atomic E-state index is 9.20. The molecule has 2 aromatic rings. The third-order valence-electron chi connectivity index (χ3n) is 2.78. The number of nitrogens with zero attached hydrogens (tertiary/aromatic N) is 2. The van der Waals surface area contributed by atoms with E-state index in [1.165, 1.54) is 0 Å². The van der Waals surface area contributed by atoms with E-state index >= 15 is 0 Å². The molecule has 0 fully saturated rings. The van der Waals surface area contributed by atoms with Gasteiger partial charge in [0.25, 0.3) is 0 Å². The van der Waals surface area contributed by atoms with E-state index in [0.29, 0.717) is 5.56 Å². The summed E-state index contributed by atoms with van der Waals surface area (Å²) in [7, 11) is 0. The molecule has 0 unspecified atom stereocenters. The number of rotatable bonds is 4. The van der Waals surface area contributed by atoms with E-state index in [1.54, 1.807) is 12.4 Å². The van der Waals surface area contributed by atoms with Crippen molar-refractivity contribution < 1.29 is 0 Å². The Hall–Kier alpha value is -2.54. The van der Waals surface area contributed by atoms with Gasteiger partial charge in [0.05, 0.1) is 35.0 Å². The normalized spacial score (nSPS) is 9.74. The van der Waals surface area contributed by atoms with Crippen molar-refractivity contribution in [2.75, 3.05) is 17.2 Å². The summed E-state index contributed by atoms with van der Waals surface area (Å²) in [5, 5.41) is 15.6. The lowest BCUT2D eigenvalue weighted by atomic mass is 10.1. The van der Waals surface area contributed by atoms with E-state index in [1.807, 2.05) is 38.1 Å². The van der Waals surface area contributed by atoms with Crippen LogP contribution in [0.1, 0.15) is 18.1 Å². The molecule has 2 rings (SSSR count). The smallest absolute Gasteiger partial charge is 0.102 e. The minimum atomic E-state index is 0.663. The van der Waals surface area contributed by atoms with Gasteiger partial charge < -0.3 is 10.6 Å². The maximum atomic E-state index is 9.20. The van der Waals surface area contributed by atoms with Crippen LogP contribution in [-0.4, -0.2) is 11.5 Å². The first-order valence-corrected chi connectivity index (χ1v) is 6.20. The predicted octanol–water partition coefficient (Wildman–Crippen LogP) is 3.44. The Morgan fingerprint density at radius 2 is 2.05 bits per heavy atom. The highest BCUT2D eigenvalue weighted by atomic mass is 14.9. The first-order valence-electron chi connectivity index (χ1n) is 6.20. The van der Waals surface area contributed by atoms with Gasteiger partial charge in [-0.3, -0.25) is 4.98 Å². The van der Waals surface area contributed by atoms with Crippen molar-refractivity contribution in [1.82, 2.24) is 4.98 Å². The number of aromatic nitrogens is 1. The number of pyridine rings is 1. The van der Waals surface area contributed by atoms with Gasteiger partial charge in [-0.25, -0.2) is 0 Å². The maximum Gasteiger partial charge on any atom is 0.102 e. The Labute approximate surface area is 113 Å². The highest BCUT2D eigenvalue weighted by Crippen LogP contribution is 2.23. The summed E-state index contributed by atoms with van der Waals surface area (Å²) < 4.78 is 0. The molecule has 19 heavy (non-hydrogen) atoms. The minimum absolute atomic E-state index is 0.663. The van der Waals surface area contributed by atoms with Gasteiger partial charge in [-0.2, -0.15) is 5.26 Å². The molecule has 0 atom stereocenters. The van der Waals surface area contributed by atoms with Crippen LogP contribution in [-0.2, 0) is 0 Å². The number of hydrogen-bond acceptors (Lipinski definition) is 4. The Morgan fingerprint density at radius 1 is 1.26 bits per heavy atom. The molecule has 1 aromatic carbocycles. The Kier molecular flexibility index (Phi) is 3.99. The fraction of sp³-hybridized carbons (Fsp3) is 0.200. The first kappa shape index (κ1) is 12.9. The summed E-state index contributed by atoms with van der Waals surface area (Å²) in [6.07, 6.45) is 3.51. The van der Waals surface area contributed by atoms with Crippen LogP contribution in [0, 0.1) is 18.3 Å². The SMILES string of the molecule is CCNc1cncc(Nc2cccc(C)c2C#N)c1. The fourth-order valence-electron chi connectivity index (χ4n) is 1.88. The average Bonchev–Trinajstić information content (AvgIpc) is 2.40. The quantitative estimate of drug-likeness (QED) is 0.875. The van der Waals surface area contributed by atoms with E-state index < -0.39 is 0 Å². The molecule has 0 aliphatic heterocycles. The van der Waals surface area contributed by atoms with Gasteiger partial charge in [-0.05, 0) is 31.5 Å². The topological polar surface area (TPSA) is 60.7 Å². The lowest BCUT2D eigenvalue weighted by Gasteiger charge is -2.11. The van der Waals surface area contributed by atoms with Crippen molar-refractivity contribution in [2.24, 2.45) is 0 Å². The van der Waals surface area contributed by atoms with Crippen molar-refractivity contribution >= 4 is 17.1 Å². The van der Waals surface area contributed by atoms with Gasteiger partial charge in [0.2, 0.25) is 0 Å². The Morgan fingerprint density at radius 3 is 2.79 bits per heavy atom. The van der Waals surface area contributed by atoms with Crippen LogP contribution >= 0.6 is 0 Å². The number of anilines is 3. The predicted molar refractivity (Wildman–Crippen MR) is 77.6 cm³/mol. The van der Waals surface area contributed by atoms with Crippen LogP contribution in [0.4, 0.5) is 17.1 Å². The molecule has 2 N–H and O–H groups in total. The van der Waals surface area contributed by atoms with Crippen molar-refractivity contribution in [3.8, 4) is 6.07 Å². The number of nitrogens with one attached hydrogen (secondary N) is 2. The van der Waals surface area contributed by atoms with E-state index in [2.05, 4.69) is 21.7 Å². The lowest BCUT2D eigenvalue weighted by molar-refractivity contribution is 1.19. The molecule has 0 aliphatic rings. The van der Waals surface area contributed by atoms with Gasteiger partial charge in [0.15, 0.2) is 0 Å². The molecule has 0 saturated carbocycles. The lowest BCUT2D eigenvalue weighted by Crippen LogP contribution is -2.00. The molecule has 0 amide bonds. The molecule has 0 saturated heterocycles. The second kappa shape index (κ2) is 5.87. The zero-order valence-electron chi connectivity index (χ0n) is 11.1. The standard InChI is InChI=1S/C15H16N4/c1-3-18-12-7-13(10-17-9-12)19-15-6-4-5-11(2)14(15)8-16/h4-7,9-10,18-19H,3H2,1-2H3. The molecular formula is C15H16N4. The van der Waals surface area contributed by atoms with Gasteiger partial charge in [-0.1, -0.05) is 12.1 Å². The monoisotopic (exact) mass is 252 g/mol. The number of nitriles is 1. The second-order valence-corrected chi connectivity index (χ2v) is 4.23. The fourth-order valence-corrected chi connectivity index (χ4v) is 1.88. The third-order valence-corrected chi connectivity index (χ3v) is 2.78. The highest BCUT2D eigenvalue weighted by molar-refractivity contribution is 5.69. The Bertz CT molecular complexity index is 614. The molecule has 0 spiro atoms. The summed E-state index contributed by atoms with van der Waals surface area (Å²) in [5.74, 6) is 0. The Balaban J connectivity index is 2.29. The van der Waals surface area contributed by atoms with Crippen molar-refractivity contribution in [3.05, 3.63) is 47.8 Å². The van der Waals surface area contributed by atoms with Crippen LogP contribution in [0.3, 0.4) is 0 Å². The molecule has 1 heterocycles. The van der Waals surface area contributed by atoms with Crippen molar-refractivity contribution in [3.63, 3.8) is 0 Å². The van der Waals surface area contributed by atoms with E-state index in [9.17, 15) is 5.26 Å². The zero-order valence-corrected chi connectivity index (χ0v) is 11.1. The third kappa shape index (κ3) is 3.02. The summed E-state index contributed by atoms with van der Waals surface area (Å²) >= 11 is 0. The molecule has 0 radical (unpaired) electrons. The largest absolute Gasteiger partial charge is 0.384 e. The van der Waals surface area contributed by atoms with Crippen LogP contribution in [0.15, 0.2) is 36.7 Å². The number of hydrogen-bond donors (Lipinski definition) is 2. The first-order chi connectivity index (χ1) is 9.24. The summed E-state index contributed by atoms with van der Waals surface area (Å²) in [6.45, 7) is 4.81. The van der Waals surface area contributed by atoms with E-state index in [4.69, 9.17) is 0 Å². The summed E-state index contributed by atoms with van der Waals surface area (Å²) in [4.78, 5) is 4.17. The minimum Gasteiger partial charge on any atom is -0.384 e. The van der Waals surface area contributed by atoms with Gasteiger partial charge in [0.1, 0.15) is 6.07 Å². The number of aryl methyl sites for hydroxylation is 1. The van der Waals surface area contributed by atoms with Gasteiger partial charge in [0, 0.05) is 6.54 Å². The van der Waals surface area contributed by atoms with Gasteiger partial charge in [-0.15, -0.1) is 0 Å². The molecule has 1 aromatic heterocycles. The van der Waals surface area contributed by atoms with E-state index in [0.717, 1.165) is 29.2 Å². The van der Waals surface area contributed by atoms with Crippen LogP contribution in [0.5, 0.6) is 0 Å². The molecule has 0 bridgehead atoms. The summed E-state index contributed by atoms with van der Waals surface area (Å²) in [6, 6.07) is 9.95. The highest BCUT2D eigenvalue weighted by Gasteiger charge is 2.05. The summed E-state index contributed by atoms with van der Waals surface area (Å²) in [5.41, 5.74) is 4.25. The van der Waals surface area contributed by atoms with E-state index in [-0.39, 0.29) is 0 Å². The van der Waals surface area contributed by atoms with Crippen LogP contribution in [0.25, 0.3) is 0 Å². The number of benzene rings is 1. The second-order valence-electron chi connectivity index (χ2n) is 4.23. The van der Waals surface area contributed by atoms with Crippen LogP contribution in [0.2, 0.25) is 0 Å². The van der Waals surface area contributed by atoms with Crippen molar-refractivity contribution in [1.29, 1.82) is 5.26 Å². The molecule has 4 heteroatoms. The van der Waals surface area contributed by atoms with Gasteiger partial charge >= 0.3 is 0 Å². The molecule has 0 aliphatic carbocycles. The average molecular weight is 252 g/mol. The van der Waals surface area contributed by atoms with Crippen LogP contribution < -0.4 is 10.6 Å². The molecule has 4 nitrogen and oxygen atoms in total. The molecular weight excluding hydrogens is 236 g/mol. The zero-order chi connectivity index (χ0) is 13.7. The van der Waals surface area contributed by atoms with Crippen molar-refractivity contribution in [2.45, 2.75) is 13.8 Å².